The second-order valence-corrected chi connectivity index (χ2v) is 3.44. The minimum absolute atomic E-state index is 0.161. The summed E-state index contributed by atoms with van der Waals surface area (Å²) in [5.74, 6) is -0.822. The molecule has 72 valence electrons. The molecule has 0 heterocycles. The SMILES string of the molecule is CCCCCCCC(C)C(=O)O. The molecule has 0 aromatic carbocycles. The number of hydrogen-bond acceptors (Lipinski definition) is 1. The van der Waals surface area contributed by atoms with E-state index in [2.05, 4.69) is 6.92 Å². The molecule has 0 aromatic heterocycles. The van der Waals surface area contributed by atoms with Gasteiger partial charge in [-0.2, -0.15) is 0 Å². The van der Waals surface area contributed by atoms with Gasteiger partial charge >= 0.3 is 5.97 Å². The van der Waals surface area contributed by atoms with Crippen molar-refractivity contribution in [2.24, 2.45) is 5.92 Å². The van der Waals surface area contributed by atoms with Crippen molar-refractivity contribution in [1.82, 2.24) is 0 Å². The molecule has 0 aromatic rings. The van der Waals surface area contributed by atoms with E-state index in [9.17, 15) is 4.79 Å². The van der Waals surface area contributed by atoms with Crippen molar-refractivity contribution in [3.63, 3.8) is 0 Å². The third kappa shape index (κ3) is 6.20. The molecule has 1 unspecified atom stereocenters. The first-order valence-corrected chi connectivity index (χ1v) is 4.91. The molecule has 0 rings (SSSR count). The topological polar surface area (TPSA) is 37.3 Å². The fraction of sp³-hybridized carbons (Fsp3) is 0.900. The fourth-order valence-corrected chi connectivity index (χ4v) is 1.18. The number of unbranched alkanes of at least 4 members (excludes halogenated alkanes) is 4. The minimum atomic E-state index is -0.662. The quantitative estimate of drug-likeness (QED) is 0.599. The highest BCUT2D eigenvalue weighted by Crippen LogP contribution is 2.10. The predicted molar refractivity (Wildman–Crippen MR) is 50.2 cm³/mol. The van der Waals surface area contributed by atoms with E-state index in [0.717, 1.165) is 12.8 Å². The molecule has 0 fully saturated rings. The van der Waals surface area contributed by atoms with Crippen molar-refractivity contribution in [3.8, 4) is 0 Å². The van der Waals surface area contributed by atoms with E-state index < -0.39 is 5.97 Å². The maximum absolute atomic E-state index is 10.4. The standard InChI is InChI=1S/C10H20O2/c1-3-4-5-6-7-8-9(2)10(11)12/h9H,3-8H2,1-2H3,(H,11,12). The van der Waals surface area contributed by atoms with E-state index in [1.54, 1.807) is 6.92 Å². The number of aliphatic carboxylic acids is 1. The Morgan fingerprint density at radius 3 is 2.33 bits per heavy atom. The van der Waals surface area contributed by atoms with Gasteiger partial charge in [0.15, 0.2) is 0 Å². The monoisotopic (exact) mass is 172 g/mol. The zero-order valence-electron chi connectivity index (χ0n) is 8.18. The molecule has 0 aliphatic rings. The molecule has 1 atom stereocenters. The first kappa shape index (κ1) is 11.5. The van der Waals surface area contributed by atoms with Crippen LogP contribution in [0, 0.1) is 5.92 Å². The van der Waals surface area contributed by atoms with E-state index in [-0.39, 0.29) is 5.92 Å². The zero-order chi connectivity index (χ0) is 9.40. The molecule has 0 bridgehead atoms. The van der Waals surface area contributed by atoms with Crippen LogP contribution in [0.25, 0.3) is 0 Å². The van der Waals surface area contributed by atoms with Gasteiger partial charge in [-0.3, -0.25) is 4.79 Å². The summed E-state index contributed by atoms with van der Waals surface area (Å²) in [5, 5.41) is 8.58. The van der Waals surface area contributed by atoms with Crippen molar-refractivity contribution < 1.29 is 9.90 Å². The summed E-state index contributed by atoms with van der Waals surface area (Å²) in [6, 6.07) is 0. The van der Waals surface area contributed by atoms with Gasteiger partial charge in [-0.05, 0) is 6.42 Å². The largest absolute Gasteiger partial charge is 0.481 e. The van der Waals surface area contributed by atoms with Crippen LogP contribution in [-0.2, 0) is 4.79 Å². The lowest BCUT2D eigenvalue weighted by Gasteiger charge is -2.04. The Labute approximate surface area is 75.0 Å². The molecule has 2 heteroatoms. The van der Waals surface area contributed by atoms with E-state index >= 15 is 0 Å². The Hall–Kier alpha value is -0.530. The van der Waals surface area contributed by atoms with Crippen LogP contribution in [-0.4, -0.2) is 11.1 Å². The third-order valence-electron chi connectivity index (χ3n) is 2.16. The van der Waals surface area contributed by atoms with Crippen molar-refractivity contribution in [2.45, 2.75) is 52.4 Å². The number of rotatable bonds is 7. The summed E-state index contributed by atoms with van der Waals surface area (Å²) >= 11 is 0. The highest BCUT2D eigenvalue weighted by Gasteiger charge is 2.08. The Kier molecular flexibility index (Phi) is 6.82. The Morgan fingerprint density at radius 1 is 1.25 bits per heavy atom. The van der Waals surface area contributed by atoms with Crippen LogP contribution in [0.5, 0.6) is 0 Å². The van der Waals surface area contributed by atoms with Crippen molar-refractivity contribution >= 4 is 5.97 Å². The van der Waals surface area contributed by atoms with Crippen molar-refractivity contribution in [3.05, 3.63) is 0 Å². The Balaban J connectivity index is 3.14. The molecular formula is C10H20O2. The molecule has 0 spiro atoms. The molecule has 1 N–H and O–H groups in total. The first-order chi connectivity index (χ1) is 5.68. The van der Waals surface area contributed by atoms with E-state index in [1.165, 1.54) is 25.7 Å². The highest BCUT2D eigenvalue weighted by molar-refractivity contribution is 5.69. The maximum atomic E-state index is 10.4. The van der Waals surface area contributed by atoms with Crippen molar-refractivity contribution in [1.29, 1.82) is 0 Å². The van der Waals surface area contributed by atoms with Crippen LogP contribution < -0.4 is 0 Å². The van der Waals surface area contributed by atoms with Gasteiger partial charge < -0.3 is 5.11 Å². The average molecular weight is 172 g/mol. The lowest BCUT2D eigenvalue weighted by atomic mass is 10.0. The lowest BCUT2D eigenvalue weighted by Crippen LogP contribution is -2.08. The van der Waals surface area contributed by atoms with E-state index in [1.807, 2.05) is 0 Å². The molecule has 0 aliphatic heterocycles. The summed E-state index contributed by atoms with van der Waals surface area (Å²) in [7, 11) is 0. The van der Waals surface area contributed by atoms with Gasteiger partial charge in [0.25, 0.3) is 0 Å². The lowest BCUT2D eigenvalue weighted by molar-refractivity contribution is -0.141. The Morgan fingerprint density at radius 2 is 1.83 bits per heavy atom. The molecule has 0 radical (unpaired) electrons. The molecule has 0 saturated heterocycles. The summed E-state index contributed by atoms with van der Waals surface area (Å²) in [6.45, 7) is 3.96. The smallest absolute Gasteiger partial charge is 0.306 e. The van der Waals surface area contributed by atoms with Crippen LogP contribution in [0.2, 0.25) is 0 Å². The van der Waals surface area contributed by atoms with Crippen molar-refractivity contribution in [2.75, 3.05) is 0 Å². The summed E-state index contributed by atoms with van der Waals surface area (Å²) < 4.78 is 0. The summed E-state index contributed by atoms with van der Waals surface area (Å²) in [4.78, 5) is 10.4. The maximum Gasteiger partial charge on any atom is 0.306 e. The molecular weight excluding hydrogens is 152 g/mol. The molecule has 0 amide bonds. The fourth-order valence-electron chi connectivity index (χ4n) is 1.18. The number of hydrogen-bond donors (Lipinski definition) is 1. The van der Waals surface area contributed by atoms with Gasteiger partial charge in [0.1, 0.15) is 0 Å². The van der Waals surface area contributed by atoms with E-state index in [0.29, 0.717) is 0 Å². The number of carboxylic acid groups (broad SMARTS) is 1. The van der Waals surface area contributed by atoms with Crippen LogP contribution >= 0.6 is 0 Å². The minimum Gasteiger partial charge on any atom is -0.481 e. The molecule has 0 saturated carbocycles. The van der Waals surface area contributed by atoms with Gasteiger partial charge in [-0.25, -0.2) is 0 Å². The van der Waals surface area contributed by atoms with Gasteiger partial charge in [0.05, 0.1) is 5.92 Å². The average Bonchev–Trinajstić information content (AvgIpc) is 2.03. The summed E-state index contributed by atoms with van der Waals surface area (Å²) in [6.07, 6.45) is 6.86. The van der Waals surface area contributed by atoms with Gasteiger partial charge in [0, 0.05) is 0 Å². The van der Waals surface area contributed by atoms with Gasteiger partial charge in [-0.1, -0.05) is 46.0 Å². The summed E-state index contributed by atoms with van der Waals surface area (Å²) in [5.41, 5.74) is 0. The zero-order valence-corrected chi connectivity index (χ0v) is 8.18. The van der Waals surface area contributed by atoms with Crippen LogP contribution in [0.15, 0.2) is 0 Å². The van der Waals surface area contributed by atoms with Crippen LogP contribution in [0.1, 0.15) is 52.4 Å². The highest BCUT2D eigenvalue weighted by atomic mass is 16.4. The number of carbonyl (C=O) groups is 1. The number of carboxylic acids is 1. The third-order valence-corrected chi connectivity index (χ3v) is 2.16. The molecule has 12 heavy (non-hydrogen) atoms. The van der Waals surface area contributed by atoms with Gasteiger partial charge in [-0.15, -0.1) is 0 Å². The van der Waals surface area contributed by atoms with Crippen LogP contribution in [0.4, 0.5) is 0 Å². The first-order valence-electron chi connectivity index (χ1n) is 4.91. The Bertz CT molecular complexity index is 121. The normalized spacial score (nSPS) is 12.8. The van der Waals surface area contributed by atoms with Crippen LogP contribution in [0.3, 0.4) is 0 Å². The predicted octanol–water partition coefficient (Wildman–Crippen LogP) is 3.07. The second kappa shape index (κ2) is 7.14. The second-order valence-electron chi connectivity index (χ2n) is 3.44. The molecule has 0 aliphatic carbocycles. The molecule has 2 nitrogen and oxygen atoms in total. The van der Waals surface area contributed by atoms with Gasteiger partial charge in [0.2, 0.25) is 0 Å². The van der Waals surface area contributed by atoms with E-state index in [4.69, 9.17) is 5.11 Å².